The van der Waals surface area contributed by atoms with Crippen LogP contribution in [0.15, 0.2) is 4.99 Å². The number of nitrogens with one attached hydrogen (secondary N) is 2. The van der Waals surface area contributed by atoms with Gasteiger partial charge in [-0.3, -0.25) is 4.99 Å². The van der Waals surface area contributed by atoms with Crippen molar-refractivity contribution in [2.45, 2.75) is 32.2 Å². The molecule has 0 atom stereocenters. The Labute approximate surface area is 134 Å². The molecule has 1 amide bonds. The Morgan fingerprint density at radius 3 is 2.59 bits per heavy atom. The summed E-state index contributed by atoms with van der Waals surface area (Å²) in [5.41, 5.74) is 0. The minimum Gasteiger partial charge on any atom is -0.450 e. The minimum absolute atomic E-state index is 0.202. The molecule has 0 aromatic carbocycles. The molecule has 1 heterocycles. The van der Waals surface area contributed by atoms with Crippen LogP contribution in [0.5, 0.6) is 0 Å². The number of piperidine rings is 1. The predicted molar refractivity (Wildman–Crippen MR) is 89.3 cm³/mol. The molecular formula is C15H31N5O2. The highest BCUT2D eigenvalue weighted by Crippen LogP contribution is 2.11. The maximum atomic E-state index is 11.7. The van der Waals surface area contributed by atoms with E-state index < -0.39 is 0 Å². The fraction of sp³-hybridized carbons (Fsp3) is 0.867. The number of amides is 1. The molecular weight excluding hydrogens is 282 g/mol. The van der Waals surface area contributed by atoms with E-state index in [9.17, 15) is 4.79 Å². The summed E-state index contributed by atoms with van der Waals surface area (Å²) in [7, 11) is 5.93. The first-order chi connectivity index (χ1) is 10.6. The molecule has 0 aliphatic carbocycles. The summed E-state index contributed by atoms with van der Waals surface area (Å²) < 4.78 is 5.03. The number of likely N-dealkylation sites (tertiary alicyclic amines) is 1. The number of nitrogens with zero attached hydrogens (tertiary/aromatic N) is 3. The first kappa shape index (κ1) is 18.5. The first-order valence-electron chi connectivity index (χ1n) is 8.10. The van der Waals surface area contributed by atoms with E-state index in [0.717, 1.165) is 51.4 Å². The molecule has 0 unspecified atom stereocenters. The standard InChI is InChI=1S/C15H31N5O2/c1-5-22-15(21)20-11-7-13(8-12-20)18-14(16-2)17-9-6-10-19(3)4/h13H,5-12H2,1-4H3,(H2,16,17,18). The lowest BCUT2D eigenvalue weighted by molar-refractivity contribution is 0.0963. The Morgan fingerprint density at radius 2 is 2.05 bits per heavy atom. The van der Waals surface area contributed by atoms with E-state index in [0.29, 0.717) is 12.6 Å². The fourth-order valence-corrected chi connectivity index (χ4v) is 2.41. The number of guanidine groups is 1. The molecule has 2 N–H and O–H groups in total. The molecule has 0 aromatic heterocycles. The monoisotopic (exact) mass is 313 g/mol. The van der Waals surface area contributed by atoms with Gasteiger partial charge in [0, 0.05) is 32.7 Å². The molecule has 0 radical (unpaired) electrons. The van der Waals surface area contributed by atoms with E-state index >= 15 is 0 Å². The number of carbonyl (C=O) groups is 1. The number of hydrogen-bond donors (Lipinski definition) is 2. The summed E-state index contributed by atoms with van der Waals surface area (Å²) in [6.07, 6.45) is 2.70. The Hall–Kier alpha value is -1.50. The van der Waals surface area contributed by atoms with E-state index in [1.807, 2.05) is 6.92 Å². The van der Waals surface area contributed by atoms with Crippen molar-refractivity contribution in [1.29, 1.82) is 0 Å². The SMILES string of the molecule is CCOC(=O)N1CCC(NC(=NC)NCCCN(C)C)CC1. The zero-order valence-corrected chi connectivity index (χ0v) is 14.4. The van der Waals surface area contributed by atoms with Gasteiger partial charge in [0.1, 0.15) is 0 Å². The molecule has 1 saturated heterocycles. The zero-order chi connectivity index (χ0) is 16.4. The van der Waals surface area contributed by atoms with Gasteiger partial charge in [-0.2, -0.15) is 0 Å². The Bertz CT molecular complexity index is 352. The predicted octanol–water partition coefficient (Wildman–Crippen LogP) is 0.724. The maximum absolute atomic E-state index is 11.7. The lowest BCUT2D eigenvalue weighted by Crippen LogP contribution is -2.50. The first-order valence-corrected chi connectivity index (χ1v) is 8.10. The third kappa shape index (κ3) is 6.98. The quantitative estimate of drug-likeness (QED) is 0.430. The highest BCUT2D eigenvalue weighted by Gasteiger charge is 2.23. The molecule has 1 rings (SSSR count). The van der Waals surface area contributed by atoms with Gasteiger partial charge in [0.2, 0.25) is 0 Å². The largest absolute Gasteiger partial charge is 0.450 e. The van der Waals surface area contributed by atoms with E-state index in [4.69, 9.17) is 4.74 Å². The van der Waals surface area contributed by atoms with Gasteiger partial charge >= 0.3 is 6.09 Å². The van der Waals surface area contributed by atoms with Crippen molar-refractivity contribution in [3.8, 4) is 0 Å². The molecule has 0 saturated carbocycles. The molecule has 1 fully saturated rings. The summed E-state index contributed by atoms with van der Waals surface area (Å²) in [6.45, 7) is 5.68. The molecule has 22 heavy (non-hydrogen) atoms. The molecule has 7 nitrogen and oxygen atoms in total. The van der Waals surface area contributed by atoms with Crippen molar-refractivity contribution < 1.29 is 9.53 Å². The van der Waals surface area contributed by atoms with Crippen molar-refractivity contribution in [3.63, 3.8) is 0 Å². The maximum Gasteiger partial charge on any atom is 0.409 e. The van der Waals surface area contributed by atoms with Gasteiger partial charge in [-0.1, -0.05) is 0 Å². The molecule has 1 aliphatic rings. The van der Waals surface area contributed by atoms with Crippen LogP contribution in [0.2, 0.25) is 0 Å². The van der Waals surface area contributed by atoms with Crippen LogP contribution in [0.1, 0.15) is 26.2 Å². The second-order valence-corrected chi connectivity index (χ2v) is 5.76. The number of ether oxygens (including phenoxy) is 1. The Balaban J connectivity index is 2.24. The van der Waals surface area contributed by atoms with Crippen LogP contribution < -0.4 is 10.6 Å². The number of carbonyl (C=O) groups excluding carboxylic acids is 1. The van der Waals surface area contributed by atoms with Gasteiger partial charge in [-0.25, -0.2) is 4.79 Å². The van der Waals surface area contributed by atoms with Crippen LogP contribution in [0.3, 0.4) is 0 Å². The summed E-state index contributed by atoms with van der Waals surface area (Å²) in [6, 6.07) is 0.353. The third-order valence-corrected chi connectivity index (χ3v) is 3.66. The van der Waals surface area contributed by atoms with Crippen molar-refractivity contribution in [2.24, 2.45) is 4.99 Å². The van der Waals surface area contributed by atoms with Crippen LogP contribution in [0, 0.1) is 0 Å². The molecule has 0 spiro atoms. The normalized spacial score (nSPS) is 16.8. The van der Waals surface area contributed by atoms with E-state index in [1.54, 1.807) is 11.9 Å². The average Bonchev–Trinajstić information content (AvgIpc) is 2.51. The minimum atomic E-state index is -0.202. The lowest BCUT2D eigenvalue weighted by Gasteiger charge is -2.32. The van der Waals surface area contributed by atoms with Gasteiger partial charge < -0.3 is 25.2 Å². The topological polar surface area (TPSA) is 69.2 Å². The van der Waals surface area contributed by atoms with Gasteiger partial charge in [0.05, 0.1) is 6.61 Å². The van der Waals surface area contributed by atoms with Crippen molar-refractivity contribution in [2.75, 3.05) is 53.9 Å². The summed E-state index contributed by atoms with van der Waals surface area (Å²) in [5.74, 6) is 0.841. The van der Waals surface area contributed by atoms with Crippen LogP contribution >= 0.6 is 0 Å². The molecule has 0 bridgehead atoms. The van der Waals surface area contributed by atoms with Crippen LogP contribution in [0.25, 0.3) is 0 Å². The highest BCUT2D eigenvalue weighted by atomic mass is 16.6. The van der Waals surface area contributed by atoms with Gasteiger partial charge in [0.25, 0.3) is 0 Å². The van der Waals surface area contributed by atoms with Crippen molar-refractivity contribution in [3.05, 3.63) is 0 Å². The smallest absolute Gasteiger partial charge is 0.409 e. The number of hydrogen-bond acceptors (Lipinski definition) is 4. The average molecular weight is 313 g/mol. The summed E-state index contributed by atoms with van der Waals surface area (Å²) >= 11 is 0. The second-order valence-electron chi connectivity index (χ2n) is 5.76. The van der Waals surface area contributed by atoms with Gasteiger partial charge in [-0.05, 0) is 46.8 Å². The van der Waals surface area contributed by atoms with Gasteiger partial charge in [-0.15, -0.1) is 0 Å². The van der Waals surface area contributed by atoms with E-state index in [2.05, 4.69) is 34.6 Å². The zero-order valence-electron chi connectivity index (χ0n) is 14.4. The number of rotatable bonds is 6. The summed E-state index contributed by atoms with van der Waals surface area (Å²) in [4.78, 5) is 19.9. The van der Waals surface area contributed by atoms with Crippen molar-refractivity contribution in [1.82, 2.24) is 20.4 Å². The Morgan fingerprint density at radius 1 is 1.36 bits per heavy atom. The van der Waals surface area contributed by atoms with Gasteiger partial charge in [0.15, 0.2) is 5.96 Å². The molecule has 0 aromatic rings. The Kier molecular flexibility index (Phi) is 8.65. The van der Waals surface area contributed by atoms with E-state index in [1.165, 1.54) is 0 Å². The molecule has 1 aliphatic heterocycles. The second kappa shape index (κ2) is 10.3. The highest BCUT2D eigenvalue weighted by molar-refractivity contribution is 5.80. The fourth-order valence-electron chi connectivity index (χ4n) is 2.41. The third-order valence-electron chi connectivity index (χ3n) is 3.66. The molecule has 7 heteroatoms. The van der Waals surface area contributed by atoms with Crippen LogP contribution in [0.4, 0.5) is 4.79 Å². The lowest BCUT2D eigenvalue weighted by atomic mass is 10.1. The molecule has 128 valence electrons. The van der Waals surface area contributed by atoms with Crippen LogP contribution in [-0.4, -0.2) is 81.8 Å². The number of aliphatic imine (C=N–C) groups is 1. The van der Waals surface area contributed by atoms with Crippen molar-refractivity contribution >= 4 is 12.1 Å². The van der Waals surface area contributed by atoms with E-state index in [-0.39, 0.29) is 6.09 Å². The summed E-state index contributed by atoms with van der Waals surface area (Å²) in [5, 5.41) is 6.77. The van der Waals surface area contributed by atoms with Crippen LogP contribution in [-0.2, 0) is 4.74 Å².